The number of halogens is 1. The SMILES string of the molecule is OC1CCCN(c2cc(F)ncn2)CC1. The molecule has 1 aromatic heterocycles. The Kier molecular flexibility index (Phi) is 3.11. The number of hydrogen-bond donors (Lipinski definition) is 1. The molecule has 4 nitrogen and oxygen atoms in total. The number of anilines is 1. The van der Waals surface area contributed by atoms with Gasteiger partial charge in [0.25, 0.3) is 0 Å². The lowest BCUT2D eigenvalue weighted by Crippen LogP contribution is -2.25. The first kappa shape index (κ1) is 10.3. The fourth-order valence-electron chi connectivity index (χ4n) is 1.81. The highest BCUT2D eigenvalue weighted by Gasteiger charge is 2.16. The molecule has 1 aliphatic rings. The van der Waals surface area contributed by atoms with Gasteiger partial charge in [-0.1, -0.05) is 0 Å². The molecule has 2 rings (SSSR count). The van der Waals surface area contributed by atoms with Crippen molar-refractivity contribution in [2.24, 2.45) is 0 Å². The largest absolute Gasteiger partial charge is 0.393 e. The maximum atomic E-state index is 12.9. The third-order valence-corrected chi connectivity index (χ3v) is 2.64. The molecule has 15 heavy (non-hydrogen) atoms. The van der Waals surface area contributed by atoms with Crippen LogP contribution in [0.25, 0.3) is 0 Å². The summed E-state index contributed by atoms with van der Waals surface area (Å²) in [6, 6.07) is 1.33. The second kappa shape index (κ2) is 4.53. The van der Waals surface area contributed by atoms with Crippen molar-refractivity contribution in [3.63, 3.8) is 0 Å². The van der Waals surface area contributed by atoms with Gasteiger partial charge in [0.2, 0.25) is 5.95 Å². The van der Waals surface area contributed by atoms with E-state index < -0.39 is 5.95 Å². The maximum absolute atomic E-state index is 12.9. The summed E-state index contributed by atoms with van der Waals surface area (Å²) in [5.41, 5.74) is 0. The van der Waals surface area contributed by atoms with Gasteiger partial charge in [0.1, 0.15) is 12.1 Å². The van der Waals surface area contributed by atoms with Crippen molar-refractivity contribution in [3.05, 3.63) is 18.3 Å². The van der Waals surface area contributed by atoms with Crippen molar-refractivity contribution >= 4 is 5.82 Å². The van der Waals surface area contributed by atoms with Crippen LogP contribution in [-0.2, 0) is 0 Å². The molecule has 0 spiro atoms. The number of nitrogens with zero attached hydrogens (tertiary/aromatic N) is 3. The summed E-state index contributed by atoms with van der Waals surface area (Å²) < 4.78 is 12.9. The van der Waals surface area contributed by atoms with E-state index >= 15 is 0 Å². The summed E-state index contributed by atoms with van der Waals surface area (Å²) in [5, 5.41) is 9.47. The maximum Gasteiger partial charge on any atom is 0.218 e. The zero-order valence-electron chi connectivity index (χ0n) is 8.43. The highest BCUT2D eigenvalue weighted by atomic mass is 19.1. The van der Waals surface area contributed by atoms with Gasteiger partial charge >= 0.3 is 0 Å². The van der Waals surface area contributed by atoms with Crippen LogP contribution < -0.4 is 4.90 Å². The summed E-state index contributed by atoms with van der Waals surface area (Å²) >= 11 is 0. The van der Waals surface area contributed by atoms with Gasteiger partial charge in [-0.25, -0.2) is 9.97 Å². The molecule has 1 aromatic rings. The van der Waals surface area contributed by atoms with Gasteiger partial charge in [-0.2, -0.15) is 4.39 Å². The van der Waals surface area contributed by atoms with Gasteiger partial charge in [0.05, 0.1) is 6.10 Å². The molecular weight excluding hydrogens is 197 g/mol. The monoisotopic (exact) mass is 211 g/mol. The van der Waals surface area contributed by atoms with Gasteiger partial charge in [-0.05, 0) is 19.3 Å². The number of aliphatic hydroxyl groups is 1. The molecule has 0 bridgehead atoms. The number of aromatic nitrogens is 2. The molecule has 0 radical (unpaired) electrons. The quantitative estimate of drug-likeness (QED) is 0.703. The Morgan fingerprint density at radius 1 is 1.33 bits per heavy atom. The predicted molar refractivity (Wildman–Crippen MR) is 54.1 cm³/mol. The fraction of sp³-hybridized carbons (Fsp3) is 0.600. The molecule has 2 heterocycles. The molecule has 1 fully saturated rings. The van der Waals surface area contributed by atoms with Crippen LogP contribution in [0.15, 0.2) is 12.4 Å². The third kappa shape index (κ3) is 2.62. The zero-order valence-corrected chi connectivity index (χ0v) is 8.43. The van der Waals surface area contributed by atoms with Crippen molar-refractivity contribution in [1.82, 2.24) is 9.97 Å². The molecule has 82 valence electrons. The van der Waals surface area contributed by atoms with Gasteiger partial charge in [-0.15, -0.1) is 0 Å². The average molecular weight is 211 g/mol. The van der Waals surface area contributed by atoms with Crippen LogP contribution in [0.4, 0.5) is 10.2 Å². The molecule has 1 atom stereocenters. The van der Waals surface area contributed by atoms with E-state index in [-0.39, 0.29) is 6.10 Å². The van der Waals surface area contributed by atoms with E-state index in [1.54, 1.807) is 0 Å². The molecule has 5 heteroatoms. The van der Waals surface area contributed by atoms with E-state index in [4.69, 9.17) is 0 Å². The summed E-state index contributed by atoms with van der Waals surface area (Å²) in [7, 11) is 0. The molecule has 0 saturated carbocycles. The topological polar surface area (TPSA) is 49.2 Å². The minimum Gasteiger partial charge on any atom is -0.393 e. The Morgan fingerprint density at radius 3 is 3.00 bits per heavy atom. The lowest BCUT2D eigenvalue weighted by Gasteiger charge is -2.20. The van der Waals surface area contributed by atoms with E-state index in [2.05, 4.69) is 9.97 Å². The Labute approximate surface area is 87.8 Å². The molecule has 0 amide bonds. The van der Waals surface area contributed by atoms with Gasteiger partial charge < -0.3 is 10.0 Å². The molecule has 1 aliphatic heterocycles. The lowest BCUT2D eigenvalue weighted by atomic mass is 10.2. The Morgan fingerprint density at radius 2 is 2.20 bits per heavy atom. The highest BCUT2D eigenvalue weighted by molar-refractivity contribution is 5.36. The molecule has 0 aromatic carbocycles. The minimum absolute atomic E-state index is 0.235. The molecule has 1 unspecified atom stereocenters. The Balaban J connectivity index is 2.09. The van der Waals surface area contributed by atoms with Crippen LogP contribution in [0.5, 0.6) is 0 Å². The lowest BCUT2D eigenvalue weighted by molar-refractivity contribution is 0.161. The predicted octanol–water partition coefficient (Wildman–Crippen LogP) is 0.967. The second-order valence-corrected chi connectivity index (χ2v) is 3.77. The molecule has 1 N–H and O–H groups in total. The summed E-state index contributed by atoms with van der Waals surface area (Å²) in [5.74, 6) is 0.0985. The summed E-state index contributed by atoms with van der Waals surface area (Å²) in [6.07, 6.45) is 3.43. The van der Waals surface area contributed by atoms with Gasteiger partial charge in [0, 0.05) is 19.2 Å². The average Bonchev–Trinajstić information content (AvgIpc) is 2.43. The van der Waals surface area contributed by atoms with E-state index in [0.717, 1.165) is 25.9 Å². The van der Waals surface area contributed by atoms with Crippen LogP contribution in [-0.4, -0.2) is 34.3 Å². The third-order valence-electron chi connectivity index (χ3n) is 2.64. The summed E-state index contributed by atoms with van der Waals surface area (Å²) in [4.78, 5) is 9.43. The van der Waals surface area contributed by atoms with Crippen LogP contribution in [0.2, 0.25) is 0 Å². The van der Waals surface area contributed by atoms with Gasteiger partial charge in [0.15, 0.2) is 0 Å². The molecule has 0 aliphatic carbocycles. The fourth-order valence-corrected chi connectivity index (χ4v) is 1.81. The first-order chi connectivity index (χ1) is 7.25. The normalized spacial score (nSPS) is 22.5. The smallest absolute Gasteiger partial charge is 0.218 e. The van der Waals surface area contributed by atoms with Crippen LogP contribution >= 0.6 is 0 Å². The zero-order chi connectivity index (χ0) is 10.7. The van der Waals surface area contributed by atoms with Crippen LogP contribution in [0.1, 0.15) is 19.3 Å². The van der Waals surface area contributed by atoms with E-state index in [1.165, 1.54) is 12.4 Å². The number of rotatable bonds is 1. The van der Waals surface area contributed by atoms with Crippen molar-refractivity contribution in [2.45, 2.75) is 25.4 Å². The van der Waals surface area contributed by atoms with E-state index in [1.807, 2.05) is 4.90 Å². The standard InChI is InChI=1S/C10H14FN3O/c11-9-6-10(13-7-12-9)14-4-1-2-8(15)3-5-14/h6-8,15H,1-5H2. The first-order valence-electron chi connectivity index (χ1n) is 5.16. The number of hydrogen-bond acceptors (Lipinski definition) is 4. The second-order valence-electron chi connectivity index (χ2n) is 3.77. The van der Waals surface area contributed by atoms with Crippen molar-refractivity contribution in [2.75, 3.05) is 18.0 Å². The summed E-state index contributed by atoms with van der Waals surface area (Å²) in [6.45, 7) is 1.53. The van der Waals surface area contributed by atoms with Gasteiger partial charge in [-0.3, -0.25) is 0 Å². The Bertz CT molecular complexity index is 334. The Hall–Kier alpha value is -1.23. The van der Waals surface area contributed by atoms with E-state index in [9.17, 15) is 9.50 Å². The molecular formula is C10H14FN3O. The minimum atomic E-state index is -0.509. The van der Waals surface area contributed by atoms with Crippen LogP contribution in [0, 0.1) is 5.95 Å². The highest BCUT2D eigenvalue weighted by Crippen LogP contribution is 2.17. The van der Waals surface area contributed by atoms with Crippen molar-refractivity contribution in [3.8, 4) is 0 Å². The number of aliphatic hydroxyl groups excluding tert-OH is 1. The first-order valence-corrected chi connectivity index (χ1v) is 5.16. The van der Waals surface area contributed by atoms with Crippen molar-refractivity contribution < 1.29 is 9.50 Å². The van der Waals surface area contributed by atoms with E-state index in [0.29, 0.717) is 12.2 Å². The van der Waals surface area contributed by atoms with Crippen LogP contribution in [0.3, 0.4) is 0 Å². The molecule has 1 saturated heterocycles. The van der Waals surface area contributed by atoms with Crippen molar-refractivity contribution in [1.29, 1.82) is 0 Å².